The number of rotatable bonds is 4. The molecule has 0 unspecified atom stereocenters. The van der Waals surface area contributed by atoms with E-state index in [4.69, 9.17) is 4.74 Å². The largest absolute Gasteiger partial charge is 0.439 e. The van der Waals surface area contributed by atoms with Gasteiger partial charge < -0.3 is 4.74 Å². The second kappa shape index (κ2) is 5.93. The Balaban J connectivity index is 2.22. The highest BCUT2D eigenvalue weighted by atomic mass is 32.2. The minimum Gasteiger partial charge on any atom is -0.439 e. The predicted octanol–water partition coefficient (Wildman–Crippen LogP) is 2.80. The number of alkyl halides is 3. The number of nitrogens with one attached hydrogen (secondary N) is 1. The highest BCUT2D eigenvalue weighted by Crippen LogP contribution is 2.31. The number of halogens is 3. The summed E-state index contributed by atoms with van der Waals surface area (Å²) in [5, 5.41) is 0. The molecule has 1 N–H and O–H groups in total. The number of pyridine rings is 1. The summed E-state index contributed by atoms with van der Waals surface area (Å²) in [6, 6.07) is 6.79. The molecule has 1 heterocycles. The van der Waals surface area contributed by atoms with Crippen molar-refractivity contribution >= 4 is 10.0 Å². The number of sulfonamides is 1. The lowest BCUT2D eigenvalue weighted by Crippen LogP contribution is -2.18. The van der Waals surface area contributed by atoms with Crippen LogP contribution in [-0.2, 0) is 16.2 Å². The molecule has 0 radical (unpaired) electrons. The summed E-state index contributed by atoms with van der Waals surface area (Å²) in [4.78, 5) is 3.70. The quantitative estimate of drug-likeness (QED) is 0.935. The third-order valence-corrected chi connectivity index (χ3v) is 4.12. The van der Waals surface area contributed by atoms with Crippen LogP contribution in [0.1, 0.15) is 5.56 Å². The van der Waals surface area contributed by atoms with Crippen molar-refractivity contribution in [3.63, 3.8) is 0 Å². The summed E-state index contributed by atoms with van der Waals surface area (Å²) in [7, 11) is -2.31. The molecule has 0 aliphatic heterocycles. The van der Waals surface area contributed by atoms with Gasteiger partial charge in [0.15, 0.2) is 0 Å². The number of nitrogens with zero attached hydrogens (tertiary/aromatic N) is 1. The van der Waals surface area contributed by atoms with Crippen molar-refractivity contribution in [1.82, 2.24) is 9.71 Å². The Hall–Kier alpha value is -2.13. The fraction of sp³-hybridized carbons (Fsp3) is 0.154. The van der Waals surface area contributed by atoms with Crippen LogP contribution in [0.25, 0.3) is 0 Å². The van der Waals surface area contributed by atoms with Crippen molar-refractivity contribution in [1.29, 1.82) is 0 Å². The highest BCUT2D eigenvalue weighted by Gasteiger charge is 2.31. The van der Waals surface area contributed by atoms with Crippen molar-refractivity contribution in [2.75, 3.05) is 7.05 Å². The van der Waals surface area contributed by atoms with Crippen molar-refractivity contribution in [2.45, 2.75) is 11.1 Å². The first kappa shape index (κ1) is 16.2. The van der Waals surface area contributed by atoms with Crippen molar-refractivity contribution < 1.29 is 26.3 Å². The molecule has 5 nitrogen and oxygen atoms in total. The van der Waals surface area contributed by atoms with Gasteiger partial charge in [0.05, 0.1) is 10.5 Å². The number of benzene rings is 1. The van der Waals surface area contributed by atoms with Gasteiger partial charge in [-0.2, -0.15) is 13.2 Å². The molecule has 118 valence electrons. The molecule has 0 saturated carbocycles. The van der Waals surface area contributed by atoms with E-state index in [1.165, 1.54) is 31.3 Å². The van der Waals surface area contributed by atoms with E-state index in [2.05, 4.69) is 9.71 Å². The number of ether oxygens (including phenoxy) is 1. The lowest BCUT2D eigenvalue weighted by atomic mass is 10.2. The van der Waals surface area contributed by atoms with Crippen LogP contribution >= 0.6 is 0 Å². The minimum atomic E-state index is -4.49. The molecular formula is C13H11F3N2O3S. The van der Waals surface area contributed by atoms with Gasteiger partial charge in [0.1, 0.15) is 5.75 Å². The Morgan fingerprint density at radius 2 is 1.77 bits per heavy atom. The SMILES string of the molecule is CNS(=O)(=O)c1ccc(Oc2cc(C(F)(F)F)ccn2)cc1. The van der Waals surface area contributed by atoms with Gasteiger partial charge in [0.25, 0.3) is 0 Å². The molecular weight excluding hydrogens is 321 g/mol. The summed E-state index contributed by atoms with van der Waals surface area (Å²) >= 11 is 0. The fourth-order valence-corrected chi connectivity index (χ4v) is 2.30. The molecule has 1 aromatic carbocycles. The average Bonchev–Trinajstić information content (AvgIpc) is 2.47. The summed E-state index contributed by atoms with van der Waals surface area (Å²) in [5.74, 6) is -0.0686. The minimum absolute atomic E-state index is 0.0133. The van der Waals surface area contributed by atoms with Gasteiger partial charge in [-0.1, -0.05) is 0 Å². The van der Waals surface area contributed by atoms with E-state index in [0.29, 0.717) is 0 Å². The molecule has 2 aromatic rings. The second-order valence-electron chi connectivity index (χ2n) is 4.16. The number of aromatic nitrogens is 1. The van der Waals surface area contributed by atoms with Gasteiger partial charge in [-0.05, 0) is 37.4 Å². The van der Waals surface area contributed by atoms with E-state index in [1.54, 1.807) is 0 Å². The molecule has 22 heavy (non-hydrogen) atoms. The Labute approximate surface area is 124 Å². The number of hydrogen-bond donors (Lipinski definition) is 1. The molecule has 0 fully saturated rings. The van der Waals surface area contributed by atoms with Gasteiger partial charge in [0.2, 0.25) is 15.9 Å². The zero-order valence-corrected chi connectivity index (χ0v) is 12.1. The predicted molar refractivity (Wildman–Crippen MR) is 72.0 cm³/mol. The maximum absolute atomic E-state index is 12.6. The Morgan fingerprint density at radius 1 is 1.14 bits per heavy atom. The monoisotopic (exact) mass is 332 g/mol. The van der Waals surface area contributed by atoms with Crippen molar-refractivity contribution in [3.05, 3.63) is 48.2 Å². The molecule has 2 rings (SSSR count). The van der Waals surface area contributed by atoms with Crippen LogP contribution in [0.15, 0.2) is 47.5 Å². The van der Waals surface area contributed by atoms with Crippen LogP contribution in [0, 0.1) is 0 Å². The fourth-order valence-electron chi connectivity index (χ4n) is 1.57. The van der Waals surface area contributed by atoms with Crippen LogP contribution in [0.4, 0.5) is 13.2 Å². The van der Waals surface area contributed by atoms with Gasteiger partial charge in [0, 0.05) is 12.3 Å². The van der Waals surface area contributed by atoms with Crippen molar-refractivity contribution in [2.24, 2.45) is 0 Å². The molecule has 0 atom stereocenters. The third kappa shape index (κ3) is 3.74. The number of hydrogen-bond acceptors (Lipinski definition) is 4. The molecule has 0 spiro atoms. The summed E-state index contributed by atoms with van der Waals surface area (Å²) in [5.41, 5.74) is -0.883. The maximum Gasteiger partial charge on any atom is 0.416 e. The lowest BCUT2D eigenvalue weighted by Gasteiger charge is -2.09. The van der Waals surface area contributed by atoms with Crippen LogP contribution in [0.2, 0.25) is 0 Å². The Kier molecular flexibility index (Phi) is 4.38. The Morgan fingerprint density at radius 3 is 2.32 bits per heavy atom. The zero-order valence-electron chi connectivity index (χ0n) is 11.3. The summed E-state index contributed by atoms with van der Waals surface area (Å²) in [6.07, 6.45) is -3.51. The first-order valence-electron chi connectivity index (χ1n) is 5.97. The molecule has 9 heteroatoms. The van der Waals surface area contributed by atoms with E-state index < -0.39 is 21.8 Å². The van der Waals surface area contributed by atoms with Gasteiger partial charge in [-0.25, -0.2) is 18.1 Å². The normalized spacial score (nSPS) is 12.2. The molecule has 0 aliphatic rings. The average molecular weight is 332 g/mol. The van der Waals surface area contributed by atoms with E-state index in [-0.39, 0.29) is 16.5 Å². The van der Waals surface area contributed by atoms with Gasteiger partial charge >= 0.3 is 6.18 Å². The van der Waals surface area contributed by atoms with E-state index >= 15 is 0 Å². The summed E-state index contributed by atoms with van der Waals surface area (Å²) < 4.78 is 68.1. The Bertz CT molecular complexity index is 759. The topological polar surface area (TPSA) is 68.3 Å². The zero-order chi connectivity index (χ0) is 16.4. The standard InChI is InChI=1S/C13H11F3N2O3S/c1-17-22(19,20)11-4-2-10(3-5-11)21-12-8-9(6-7-18-12)13(14,15)16/h2-8,17H,1H3. The van der Waals surface area contributed by atoms with Crippen LogP contribution in [0.5, 0.6) is 11.6 Å². The molecule has 1 aromatic heterocycles. The second-order valence-corrected chi connectivity index (χ2v) is 6.05. The van der Waals surface area contributed by atoms with E-state index in [1.807, 2.05) is 0 Å². The summed E-state index contributed by atoms with van der Waals surface area (Å²) in [6.45, 7) is 0. The first-order chi connectivity index (χ1) is 10.2. The van der Waals surface area contributed by atoms with Crippen LogP contribution in [0.3, 0.4) is 0 Å². The van der Waals surface area contributed by atoms with Gasteiger partial charge in [-0.3, -0.25) is 0 Å². The third-order valence-electron chi connectivity index (χ3n) is 2.69. The highest BCUT2D eigenvalue weighted by molar-refractivity contribution is 7.89. The molecule has 0 bridgehead atoms. The lowest BCUT2D eigenvalue weighted by molar-refractivity contribution is -0.137. The molecule has 0 aliphatic carbocycles. The van der Waals surface area contributed by atoms with Crippen molar-refractivity contribution in [3.8, 4) is 11.6 Å². The van der Waals surface area contributed by atoms with Crippen LogP contribution in [-0.4, -0.2) is 20.4 Å². The van der Waals surface area contributed by atoms with Crippen LogP contribution < -0.4 is 9.46 Å². The molecule has 0 amide bonds. The smallest absolute Gasteiger partial charge is 0.416 e. The maximum atomic E-state index is 12.6. The van der Waals surface area contributed by atoms with E-state index in [9.17, 15) is 21.6 Å². The molecule has 0 saturated heterocycles. The first-order valence-corrected chi connectivity index (χ1v) is 7.45. The van der Waals surface area contributed by atoms with E-state index in [0.717, 1.165) is 18.3 Å². The van der Waals surface area contributed by atoms with Gasteiger partial charge in [-0.15, -0.1) is 0 Å².